The Hall–Kier alpha value is -0.850. The molecule has 138 valence electrons. The van der Waals surface area contributed by atoms with Crippen LogP contribution in [-0.4, -0.2) is 55.1 Å². The van der Waals surface area contributed by atoms with Gasteiger partial charge in [0.05, 0.1) is 13.2 Å². The summed E-state index contributed by atoms with van der Waals surface area (Å²) in [6, 6.07) is 0.566. The van der Waals surface area contributed by atoms with Crippen molar-refractivity contribution >= 4 is 24.2 Å². The number of carbonyl (C=O) groups excluding carboxylic acids is 2. The Labute approximate surface area is 150 Å². The van der Waals surface area contributed by atoms with Gasteiger partial charge in [-0.1, -0.05) is 6.42 Å². The lowest BCUT2D eigenvalue weighted by Gasteiger charge is -2.45. The van der Waals surface area contributed by atoms with E-state index >= 15 is 0 Å². The van der Waals surface area contributed by atoms with Crippen LogP contribution < -0.4 is 11.1 Å². The van der Waals surface area contributed by atoms with Crippen LogP contribution in [0.3, 0.4) is 0 Å². The highest BCUT2D eigenvalue weighted by molar-refractivity contribution is 5.85. The third kappa shape index (κ3) is 4.83. The Morgan fingerprint density at radius 2 is 1.71 bits per heavy atom. The molecule has 0 spiro atoms. The van der Waals surface area contributed by atoms with E-state index in [0.29, 0.717) is 50.6 Å². The summed E-state index contributed by atoms with van der Waals surface area (Å²) in [5.74, 6) is 1.13. The zero-order valence-corrected chi connectivity index (χ0v) is 15.1. The number of ether oxygens (including phenoxy) is 1. The number of nitrogens with zero attached hydrogens (tertiary/aromatic N) is 1. The lowest BCUT2D eigenvalue weighted by atomic mass is 9.67. The molecule has 2 aliphatic carbocycles. The Morgan fingerprint density at radius 3 is 2.33 bits per heavy atom. The number of halogens is 1. The summed E-state index contributed by atoms with van der Waals surface area (Å²) in [6.45, 7) is 2.49. The molecule has 1 heterocycles. The maximum absolute atomic E-state index is 12.3. The lowest BCUT2D eigenvalue weighted by molar-refractivity contribution is -0.137. The Balaban J connectivity index is 0.00000208. The summed E-state index contributed by atoms with van der Waals surface area (Å²) >= 11 is 0. The molecule has 0 aromatic carbocycles. The maximum atomic E-state index is 12.3. The Bertz CT molecular complexity index is 429. The van der Waals surface area contributed by atoms with Gasteiger partial charge >= 0.3 is 0 Å². The number of hydrogen-bond acceptors (Lipinski definition) is 4. The van der Waals surface area contributed by atoms with Gasteiger partial charge in [0.25, 0.3) is 0 Å². The molecule has 7 heteroatoms. The minimum Gasteiger partial charge on any atom is -0.378 e. The zero-order chi connectivity index (χ0) is 16.2. The van der Waals surface area contributed by atoms with E-state index in [9.17, 15) is 9.59 Å². The molecule has 2 saturated carbocycles. The molecule has 2 unspecified atom stereocenters. The van der Waals surface area contributed by atoms with Crippen LogP contribution in [0.2, 0.25) is 0 Å². The van der Waals surface area contributed by atoms with E-state index in [-0.39, 0.29) is 36.7 Å². The van der Waals surface area contributed by atoms with Gasteiger partial charge in [0.15, 0.2) is 0 Å². The third-order valence-corrected chi connectivity index (χ3v) is 5.63. The molecule has 3 fully saturated rings. The molecule has 0 aromatic rings. The maximum Gasteiger partial charge on any atom is 0.223 e. The molecule has 0 aromatic heterocycles. The van der Waals surface area contributed by atoms with Crippen molar-refractivity contribution in [2.75, 3.05) is 26.3 Å². The van der Waals surface area contributed by atoms with E-state index in [2.05, 4.69) is 5.32 Å². The van der Waals surface area contributed by atoms with Crippen molar-refractivity contribution in [1.29, 1.82) is 0 Å². The first-order chi connectivity index (χ1) is 11.1. The predicted molar refractivity (Wildman–Crippen MR) is 93.9 cm³/mol. The molecular weight excluding hydrogens is 330 g/mol. The third-order valence-electron chi connectivity index (χ3n) is 5.63. The van der Waals surface area contributed by atoms with Gasteiger partial charge in [-0.15, -0.1) is 12.4 Å². The van der Waals surface area contributed by atoms with Crippen LogP contribution in [-0.2, 0) is 14.3 Å². The number of rotatable bonds is 4. The van der Waals surface area contributed by atoms with Crippen LogP contribution in [0.25, 0.3) is 0 Å². The number of nitrogens with one attached hydrogen (secondary N) is 1. The number of hydrogen-bond donors (Lipinski definition) is 2. The highest BCUT2D eigenvalue weighted by atomic mass is 35.5. The van der Waals surface area contributed by atoms with Gasteiger partial charge in [-0.3, -0.25) is 9.59 Å². The minimum absolute atomic E-state index is 0. The standard InChI is InChI=1S/C17H29N3O3.ClH/c18-14-10-12-2-1-3-13(11-14)17(12)19-15(21)4-5-16(22)20-6-8-23-9-7-20;/h12-14,17H,1-11,18H2,(H,19,21);1H. The molecular formula is C17H30ClN3O3. The summed E-state index contributed by atoms with van der Waals surface area (Å²) in [5, 5.41) is 3.21. The second-order valence-electron chi connectivity index (χ2n) is 7.27. The van der Waals surface area contributed by atoms with Gasteiger partial charge in [-0.25, -0.2) is 0 Å². The molecule has 0 radical (unpaired) electrons. The van der Waals surface area contributed by atoms with Crippen LogP contribution in [0, 0.1) is 11.8 Å². The van der Waals surface area contributed by atoms with Crippen LogP contribution in [0.5, 0.6) is 0 Å². The average molecular weight is 360 g/mol. The van der Waals surface area contributed by atoms with Crippen LogP contribution in [0.15, 0.2) is 0 Å². The van der Waals surface area contributed by atoms with E-state index in [1.165, 1.54) is 19.3 Å². The number of carbonyl (C=O) groups is 2. The minimum atomic E-state index is 0. The Morgan fingerprint density at radius 1 is 1.08 bits per heavy atom. The first-order valence-corrected chi connectivity index (χ1v) is 9.04. The summed E-state index contributed by atoms with van der Waals surface area (Å²) in [5.41, 5.74) is 6.13. The fourth-order valence-corrected chi connectivity index (χ4v) is 4.47. The van der Waals surface area contributed by atoms with Crippen molar-refractivity contribution in [3.8, 4) is 0 Å². The van der Waals surface area contributed by atoms with Gasteiger partial charge in [-0.05, 0) is 37.5 Å². The summed E-state index contributed by atoms with van der Waals surface area (Å²) in [4.78, 5) is 26.2. The largest absolute Gasteiger partial charge is 0.378 e. The molecule has 24 heavy (non-hydrogen) atoms. The van der Waals surface area contributed by atoms with Gasteiger partial charge in [0.1, 0.15) is 0 Å². The highest BCUT2D eigenvalue weighted by Crippen LogP contribution is 2.39. The van der Waals surface area contributed by atoms with Crippen molar-refractivity contribution in [1.82, 2.24) is 10.2 Å². The zero-order valence-electron chi connectivity index (χ0n) is 14.2. The first kappa shape index (κ1) is 19.5. The molecule has 1 aliphatic heterocycles. The number of morpholine rings is 1. The van der Waals surface area contributed by atoms with Crippen LogP contribution in [0.1, 0.15) is 44.9 Å². The number of fused-ring (bicyclic) bond motifs is 2. The van der Waals surface area contributed by atoms with Gasteiger partial charge in [0.2, 0.25) is 11.8 Å². The number of amides is 2. The van der Waals surface area contributed by atoms with Crippen molar-refractivity contribution in [2.45, 2.75) is 57.0 Å². The molecule has 3 N–H and O–H groups in total. The van der Waals surface area contributed by atoms with Gasteiger partial charge < -0.3 is 20.7 Å². The monoisotopic (exact) mass is 359 g/mol. The molecule has 3 aliphatic rings. The van der Waals surface area contributed by atoms with E-state index in [0.717, 1.165) is 12.8 Å². The van der Waals surface area contributed by atoms with Crippen molar-refractivity contribution in [3.05, 3.63) is 0 Å². The van der Waals surface area contributed by atoms with Gasteiger partial charge in [-0.2, -0.15) is 0 Å². The fraction of sp³-hybridized carbons (Fsp3) is 0.882. The molecule has 2 bridgehead atoms. The molecule has 2 amide bonds. The van der Waals surface area contributed by atoms with Crippen molar-refractivity contribution in [3.63, 3.8) is 0 Å². The van der Waals surface area contributed by atoms with Crippen LogP contribution >= 0.6 is 12.4 Å². The average Bonchev–Trinajstić information content (AvgIpc) is 2.54. The van der Waals surface area contributed by atoms with E-state index < -0.39 is 0 Å². The second kappa shape index (κ2) is 9.02. The lowest BCUT2D eigenvalue weighted by Crippen LogP contribution is -2.53. The van der Waals surface area contributed by atoms with Crippen molar-refractivity contribution < 1.29 is 14.3 Å². The van der Waals surface area contributed by atoms with Crippen LogP contribution in [0.4, 0.5) is 0 Å². The van der Waals surface area contributed by atoms with E-state index in [1.54, 1.807) is 4.90 Å². The van der Waals surface area contributed by atoms with Crippen molar-refractivity contribution in [2.24, 2.45) is 17.6 Å². The number of nitrogens with two attached hydrogens (primary N) is 1. The SMILES string of the molecule is Cl.NC1CC2CCCC(C1)C2NC(=O)CCC(=O)N1CCOCC1. The van der Waals surface area contributed by atoms with E-state index in [4.69, 9.17) is 10.5 Å². The summed E-state index contributed by atoms with van der Waals surface area (Å²) in [7, 11) is 0. The normalized spacial score (nSPS) is 32.6. The molecule has 6 nitrogen and oxygen atoms in total. The smallest absolute Gasteiger partial charge is 0.223 e. The topological polar surface area (TPSA) is 84.7 Å². The van der Waals surface area contributed by atoms with E-state index in [1.807, 2.05) is 0 Å². The predicted octanol–water partition coefficient (Wildman–Crippen LogP) is 1.07. The molecule has 2 atom stereocenters. The Kier molecular flexibility index (Phi) is 7.32. The molecule has 3 rings (SSSR count). The quantitative estimate of drug-likeness (QED) is 0.786. The fourth-order valence-electron chi connectivity index (χ4n) is 4.47. The summed E-state index contributed by atoms with van der Waals surface area (Å²) in [6.07, 6.45) is 6.22. The first-order valence-electron chi connectivity index (χ1n) is 9.04. The second-order valence-corrected chi connectivity index (χ2v) is 7.27. The summed E-state index contributed by atoms with van der Waals surface area (Å²) < 4.78 is 5.24. The highest BCUT2D eigenvalue weighted by Gasteiger charge is 2.39. The van der Waals surface area contributed by atoms with Gasteiger partial charge in [0, 0.05) is 38.0 Å². The molecule has 1 saturated heterocycles.